The molecule has 0 spiro atoms. The van der Waals surface area contributed by atoms with E-state index in [1.54, 1.807) is 0 Å². The zero-order valence-corrected chi connectivity index (χ0v) is 11.7. The van der Waals surface area contributed by atoms with Crippen LogP contribution in [-0.4, -0.2) is 9.97 Å². The lowest BCUT2D eigenvalue weighted by atomic mass is 10.2. The highest BCUT2D eigenvalue weighted by Crippen LogP contribution is 2.15. The fourth-order valence-corrected chi connectivity index (χ4v) is 1.35. The van der Waals surface area contributed by atoms with Crippen LogP contribution in [0, 0.1) is 0 Å². The number of fused-ring (bicyclic) bond motifs is 1. The minimum Gasteiger partial charge on any atom is -0.307 e. The van der Waals surface area contributed by atoms with Gasteiger partial charge in [-0.25, -0.2) is 9.97 Å². The molecule has 1 N–H and O–H groups in total. The quantitative estimate of drug-likeness (QED) is 0.861. The molecule has 5 heteroatoms. The molecule has 3 nitrogen and oxygen atoms in total. The molecular weight excluding hydrogens is 310 g/mol. The largest absolute Gasteiger partial charge is 0.307 e. The van der Waals surface area contributed by atoms with Gasteiger partial charge in [0.25, 0.3) is 0 Å². The summed E-state index contributed by atoms with van der Waals surface area (Å²) in [6.45, 7) is 6.06. The van der Waals surface area contributed by atoms with Gasteiger partial charge in [0.1, 0.15) is 5.82 Å². The maximum absolute atomic E-state index is 4.48. The third-order valence-electron chi connectivity index (χ3n) is 2.10. The van der Waals surface area contributed by atoms with Gasteiger partial charge in [-0.3, -0.25) is 0 Å². The minimum absolute atomic E-state index is 0. The Balaban J connectivity index is 0.000000845. The van der Waals surface area contributed by atoms with E-state index in [0.29, 0.717) is 5.92 Å². The summed E-state index contributed by atoms with van der Waals surface area (Å²) in [7, 11) is 0. The minimum atomic E-state index is 0. The molecule has 1 aliphatic rings. The molecule has 0 aliphatic carbocycles. The van der Waals surface area contributed by atoms with Crippen molar-refractivity contribution in [2.24, 2.45) is 0 Å². The van der Waals surface area contributed by atoms with Gasteiger partial charge in [-0.1, -0.05) is 13.8 Å². The van der Waals surface area contributed by atoms with Crippen LogP contribution in [-0.2, 0) is 13.1 Å². The molecule has 0 unspecified atom stereocenters. The highest BCUT2D eigenvalue weighted by molar-refractivity contribution is 8.93. The van der Waals surface area contributed by atoms with Gasteiger partial charge in [-0.15, -0.1) is 34.0 Å². The molecule has 1 aromatic rings. The lowest BCUT2D eigenvalue weighted by Gasteiger charge is -2.04. The summed E-state index contributed by atoms with van der Waals surface area (Å²) < 4.78 is 0. The smallest absolute Gasteiger partial charge is 0.131 e. The second kappa shape index (κ2) is 5.78. The van der Waals surface area contributed by atoms with Gasteiger partial charge in [-0.2, -0.15) is 0 Å². The average molecular weight is 325 g/mol. The Morgan fingerprint density at radius 3 is 2.64 bits per heavy atom. The first-order chi connectivity index (χ1) is 5.77. The van der Waals surface area contributed by atoms with Gasteiger partial charge in [0, 0.05) is 30.8 Å². The molecule has 2 rings (SSSR count). The molecule has 0 amide bonds. The SMILES string of the molecule is Br.Br.CC(C)c1ncc2c(n1)CNC2. The third kappa shape index (κ3) is 2.74. The molecule has 0 radical (unpaired) electrons. The number of nitrogens with one attached hydrogen (secondary N) is 1. The molecule has 0 saturated heterocycles. The Bertz CT molecular complexity index is 302. The van der Waals surface area contributed by atoms with Gasteiger partial charge in [0.15, 0.2) is 0 Å². The fourth-order valence-electron chi connectivity index (χ4n) is 1.35. The molecular formula is C9H15Br2N3. The second-order valence-corrected chi connectivity index (χ2v) is 3.46. The Hall–Kier alpha value is -0.000000000000000132. The zero-order chi connectivity index (χ0) is 8.55. The van der Waals surface area contributed by atoms with Gasteiger partial charge >= 0.3 is 0 Å². The summed E-state index contributed by atoms with van der Waals surface area (Å²) in [5.41, 5.74) is 2.42. The summed E-state index contributed by atoms with van der Waals surface area (Å²) >= 11 is 0. The van der Waals surface area contributed by atoms with Crippen LogP contribution in [0.1, 0.15) is 36.8 Å². The van der Waals surface area contributed by atoms with Crippen LogP contribution in [0.15, 0.2) is 6.20 Å². The molecule has 14 heavy (non-hydrogen) atoms. The summed E-state index contributed by atoms with van der Waals surface area (Å²) in [6, 6.07) is 0. The number of hydrogen-bond donors (Lipinski definition) is 1. The maximum Gasteiger partial charge on any atom is 0.131 e. The predicted octanol–water partition coefficient (Wildman–Crippen LogP) is 2.36. The molecule has 80 valence electrons. The van der Waals surface area contributed by atoms with E-state index in [1.807, 2.05) is 6.20 Å². The van der Waals surface area contributed by atoms with Crippen molar-refractivity contribution in [3.63, 3.8) is 0 Å². The molecule has 0 aromatic carbocycles. The van der Waals surface area contributed by atoms with Crippen molar-refractivity contribution in [1.29, 1.82) is 0 Å². The Kier molecular flexibility index (Phi) is 5.78. The first kappa shape index (κ1) is 14.0. The van der Waals surface area contributed by atoms with E-state index < -0.39 is 0 Å². The normalized spacial score (nSPS) is 13.1. The maximum atomic E-state index is 4.48. The van der Waals surface area contributed by atoms with Crippen molar-refractivity contribution < 1.29 is 0 Å². The standard InChI is InChI=1S/C9H13N3.2BrH/c1-6(2)9-11-4-7-3-10-5-8(7)12-9;;/h4,6,10H,3,5H2,1-2H3;2*1H. The zero-order valence-electron chi connectivity index (χ0n) is 8.28. The number of hydrogen-bond acceptors (Lipinski definition) is 3. The van der Waals surface area contributed by atoms with Crippen LogP contribution in [0.25, 0.3) is 0 Å². The Morgan fingerprint density at radius 1 is 1.29 bits per heavy atom. The average Bonchev–Trinajstić information content (AvgIpc) is 2.49. The molecule has 1 aromatic heterocycles. The van der Waals surface area contributed by atoms with Gasteiger partial charge in [0.2, 0.25) is 0 Å². The number of halogens is 2. The monoisotopic (exact) mass is 323 g/mol. The molecule has 0 atom stereocenters. The van der Waals surface area contributed by atoms with Crippen LogP contribution in [0.2, 0.25) is 0 Å². The summed E-state index contributed by atoms with van der Waals surface area (Å²) in [5.74, 6) is 1.38. The summed E-state index contributed by atoms with van der Waals surface area (Å²) in [4.78, 5) is 8.78. The molecule has 0 saturated carbocycles. The fraction of sp³-hybridized carbons (Fsp3) is 0.556. The lowest BCUT2D eigenvalue weighted by molar-refractivity contribution is 0.741. The number of nitrogens with zero attached hydrogens (tertiary/aromatic N) is 2. The molecule has 0 bridgehead atoms. The van der Waals surface area contributed by atoms with Gasteiger partial charge in [0.05, 0.1) is 5.69 Å². The van der Waals surface area contributed by atoms with E-state index in [1.165, 1.54) is 11.3 Å². The van der Waals surface area contributed by atoms with Crippen molar-refractivity contribution in [2.75, 3.05) is 0 Å². The van der Waals surface area contributed by atoms with E-state index in [9.17, 15) is 0 Å². The molecule has 0 fully saturated rings. The number of aromatic nitrogens is 2. The van der Waals surface area contributed by atoms with Crippen LogP contribution >= 0.6 is 34.0 Å². The van der Waals surface area contributed by atoms with E-state index >= 15 is 0 Å². The van der Waals surface area contributed by atoms with Crippen molar-refractivity contribution in [3.8, 4) is 0 Å². The van der Waals surface area contributed by atoms with Crippen LogP contribution in [0.3, 0.4) is 0 Å². The van der Waals surface area contributed by atoms with Crippen molar-refractivity contribution in [1.82, 2.24) is 15.3 Å². The Morgan fingerprint density at radius 2 is 2.00 bits per heavy atom. The molecule has 2 heterocycles. The van der Waals surface area contributed by atoms with E-state index in [4.69, 9.17) is 0 Å². The summed E-state index contributed by atoms with van der Waals surface area (Å²) in [6.07, 6.45) is 1.94. The first-order valence-electron chi connectivity index (χ1n) is 4.33. The number of rotatable bonds is 1. The van der Waals surface area contributed by atoms with Crippen LogP contribution in [0.5, 0.6) is 0 Å². The van der Waals surface area contributed by atoms with Gasteiger partial charge < -0.3 is 5.32 Å². The van der Waals surface area contributed by atoms with Crippen LogP contribution < -0.4 is 5.32 Å². The van der Waals surface area contributed by atoms with Crippen molar-refractivity contribution in [3.05, 3.63) is 23.3 Å². The predicted molar refractivity (Wildman–Crippen MR) is 67.3 cm³/mol. The second-order valence-electron chi connectivity index (χ2n) is 3.46. The third-order valence-corrected chi connectivity index (χ3v) is 2.10. The van der Waals surface area contributed by atoms with Gasteiger partial charge in [-0.05, 0) is 0 Å². The molecule has 1 aliphatic heterocycles. The highest BCUT2D eigenvalue weighted by Gasteiger charge is 2.13. The lowest BCUT2D eigenvalue weighted by Crippen LogP contribution is -2.02. The van der Waals surface area contributed by atoms with E-state index in [2.05, 4.69) is 29.1 Å². The highest BCUT2D eigenvalue weighted by atomic mass is 79.9. The van der Waals surface area contributed by atoms with Crippen molar-refractivity contribution in [2.45, 2.75) is 32.9 Å². The summed E-state index contributed by atoms with van der Waals surface area (Å²) in [5, 5.41) is 3.25. The first-order valence-corrected chi connectivity index (χ1v) is 4.33. The van der Waals surface area contributed by atoms with Crippen molar-refractivity contribution >= 4 is 34.0 Å². The van der Waals surface area contributed by atoms with E-state index in [0.717, 1.165) is 18.9 Å². The van der Waals surface area contributed by atoms with E-state index in [-0.39, 0.29) is 34.0 Å². The van der Waals surface area contributed by atoms with Crippen LogP contribution in [0.4, 0.5) is 0 Å². The topological polar surface area (TPSA) is 37.8 Å². The Labute approximate surface area is 105 Å².